The number of ether oxygens (including phenoxy) is 2. The predicted molar refractivity (Wildman–Crippen MR) is 167 cm³/mol. The first-order valence-corrected chi connectivity index (χ1v) is 14.7. The lowest BCUT2D eigenvalue weighted by atomic mass is 10.1. The van der Waals surface area contributed by atoms with E-state index in [0.29, 0.717) is 32.1 Å². The van der Waals surface area contributed by atoms with Crippen LogP contribution in [0.15, 0.2) is 97.1 Å². The first-order valence-electron chi connectivity index (χ1n) is 14.7. The molecule has 7 nitrogen and oxygen atoms in total. The van der Waals surface area contributed by atoms with E-state index in [4.69, 9.17) is 14.6 Å². The Morgan fingerprint density at radius 3 is 1.93 bits per heavy atom. The van der Waals surface area contributed by atoms with Gasteiger partial charge in [0, 0.05) is 19.6 Å². The van der Waals surface area contributed by atoms with Crippen LogP contribution < -0.4 is 9.47 Å². The van der Waals surface area contributed by atoms with Crippen LogP contribution in [0.25, 0.3) is 0 Å². The maximum absolute atomic E-state index is 11.3. The summed E-state index contributed by atoms with van der Waals surface area (Å²) < 4.78 is 12.2. The van der Waals surface area contributed by atoms with Crippen molar-refractivity contribution in [1.82, 2.24) is 4.90 Å². The third-order valence-corrected chi connectivity index (χ3v) is 7.29. The van der Waals surface area contributed by atoms with Crippen LogP contribution in [0.2, 0.25) is 0 Å². The summed E-state index contributed by atoms with van der Waals surface area (Å²) in [6.45, 7) is 5.08. The van der Waals surface area contributed by atoms with Crippen molar-refractivity contribution in [3.8, 4) is 11.5 Å². The molecular weight excluding hydrogens is 542 g/mol. The fraction of sp³-hybridized carbons (Fsp3) is 0.278. The molecule has 0 radical (unpaired) electrons. The quantitative estimate of drug-likeness (QED) is 0.137. The summed E-state index contributed by atoms with van der Waals surface area (Å²) in [4.78, 5) is 24.7. The molecule has 4 rings (SSSR count). The number of aryl methyl sites for hydroxylation is 1. The summed E-state index contributed by atoms with van der Waals surface area (Å²) in [5.41, 5.74) is 5.06. The van der Waals surface area contributed by atoms with E-state index >= 15 is 0 Å². The Hall–Kier alpha value is -4.62. The van der Waals surface area contributed by atoms with Crippen LogP contribution >= 0.6 is 0 Å². The molecule has 0 aliphatic heterocycles. The smallest absolute Gasteiger partial charge is 0.335 e. The third-order valence-electron chi connectivity index (χ3n) is 7.29. The summed E-state index contributed by atoms with van der Waals surface area (Å²) in [6, 6.07) is 30.0. The molecule has 0 unspecified atom stereocenters. The van der Waals surface area contributed by atoms with Crippen molar-refractivity contribution >= 4 is 11.9 Å². The van der Waals surface area contributed by atoms with Gasteiger partial charge in [0.25, 0.3) is 0 Å². The van der Waals surface area contributed by atoms with Crippen molar-refractivity contribution < 1.29 is 29.3 Å². The van der Waals surface area contributed by atoms with E-state index in [9.17, 15) is 14.7 Å². The van der Waals surface area contributed by atoms with Gasteiger partial charge < -0.3 is 19.7 Å². The molecule has 2 N–H and O–H groups in total. The number of carboxylic acids is 2. The number of unbranched alkanes of at least 4 members (excludes halogenated alkanes) is 1. The van der Waals surface area contributed by atoms with Crippen LogP contribution in [0.1, 0.15) is 62.7 Å². The predicted octanol–water partition coefficient (Wildman–Crippen LogP) is 7.13. The number of rotatable bonds is 17. The van der Waals surface area contributed by atoms with Crippen molar-refractivity contribution in [3.05, 3.63) is 130 Å². The Kier molecular flexibility index (Phi) is 11.7. The van der Waals surface area contributed by atoms with Gasteiger partial charge in [0.15, 0.2) is 0 Å². The minimum absolute atomic E-state index is 0.212. The van der Waals surface area contributed by atoms with Crippen LogP contribution in [-0.2, 0) is 26.0 Å². The van der Waals surface area contributed by atoms with E-state index in [0.717, 1.165) is 41.8 Å². The minimum atomic E-state index is -0.976. The summed E-state index contributed by atoms with van der Waals surface area (Å²) in [6.07, 6.45) is 4.24. The maximum Gasteiger partial charge on any atom is 0.335 e. The van der Waals surface area contributed by atoms with Crippen molar-refractivity contribution in [1.29, 1.82) is 0 Å². The minimum Gasteiger partial charge on any atom is -0.492 e. The normalized spacial score (nSPS) is 10.9. The Balaban J connectivity index is 1.38. The monoisotopic (exact) mass is 581 g/mol. The van der Waals surface area contributed by atoms with Gasteiger partial charge in [0.2, 0.25) is 0 Å². The second kappa shape index (κ2) is 16.1. The number of benzene rings is 4. The van der Waals surface area contributed by atoms with Gasteiger partial charge in [0.1, 0.15) is 24.7 Å². The van der Waals surface area contributed by atoms with E-state index in [-0.39, 0.29) is 11.1 Å². The SMILES string of the molecule is CCCCc1ccc(COc2ccccc2CCN(CCOc2ccc(C(=O)O)cc2)Cc2ccc(C(=O)O)cc2)cc1. The van der Waals surface area contributed by atoms with Crippen LogP contribution in [0, 0.1) is 0 Å². The fourth-order valence-corrected chi connectivity index (χ4v) is 4.74. The zero-order valence-corrected chi connectivity index (χ0v) is 24.6. The molecule has 0 spiro atoms. The van der Waals surface area contributed by atoms with E-state index in [1.807, 2.05) is 30.3 Å². The van der Waals surface area contributed by atoms with E-state index < -0.39 is 11.9 Å². The van der Waals surface area contributed by atoms with Crippen molar-refractivity contribution in [2.24, 2.45) is 0 Å². The molecule has 0 aliphatic carbocycles. The lowest BCUT2D eigenvalue weighted by molar-refractivity contribution is 0.0686. The molecule has 4 aromatic rings. The molecule has 43 heavy (non-hydrogen) atoms. The number of aromatic carboxylic acids is 2. The van der Waals surface area contributed by atoms with Crippen LogP contribution in [0.4, 0.5) is 0 Å². The molecule has 0 saturated carbocycles. The zero-order chi connectivity index (χ0) is 30.4. The van der Waals surface area contributed by atoms with Crippen molar-refractivity contribution in [3.63, 3.8) is 0 Å². The summed E-state index contributed by atoms with van der Waals surface area (Å²) in [5, 5.41) is 18.4. The van der Waals surface area contributed by atoms with Gasteiger partial charge in [-0.15, -0.1) is 0 Å². The van der Waals surface area contributed by atoms with Gasteiger partial charge in [-0.05, 0) is 84.0 Å². The Morgan fingerprint density at radius 1 is 0.674 bits per heavy atom. The standard InChI is InChI=1S/C36H39NO6/c1-2-3-6-27-9-11-29(12-10-27)26-43-34-8-5-4-7-30(34)21-22-37(25-28-13-15-31(16-14-28)35(38)39)23-24-42-33-19-17-32(18-20-33)36(40)41/h4-5,7-20H,2-3,6,21-26H2,1H3,(H,38,39)(H,40,41). The molecule has 4 aromatic carbocycles. The number of hydrogen-bond acceptors (Lipinski definition) is 5. The lowest BCUT2D eigenvalue weighted by Gasteiger charge is -2.23. The topological polar surface area (TPSA) is 96.3 Å². The van der Waals surface area contributed by atoms with E-state index in [1.54, 1.807) is 24.3 Å². The molecule has 0 atom stereocenters. The average Bonchev–Trinajstić information content (AvgIpc) is 3.03. The average molecular weight is 582 g/mol. The first kappa shape index (κ1) is 31.3. The summed E-state index contributed by atoms with van der Waals surface area (Å²) >= 11 is 0. The van der Waals surface area contributed by atoms with Gasteiger partial charge in [0.05, 0.1) is 11.1 Å². The van der Waals surface area contributed by atoms with Gasteiger partial charge >= 0.3 is 11.9 Å². The molecule has 0 heterocycles. The first-order chi connectivity index (χ1) is 20.9. The molecule has 0 saturated heterocycles. The summed E-state index contributed by atoms with van der Waals surface area (Å²) in [7, 11) is 0. The van der Waals surface area contributed by atoms with Gasteiger partial charge in [-0.25, -0.2) is 9.59 Å². The number of para-hydroxylation sites is 1. The second-order valence-electron chi connectivity index (χ2n) is 10.5. The fourth-order valence-electron chi connectivity index (χ4n) is 4.74. The maximum atomic E-state index is 11.3. The molecular formula is C36H39NO6. The highest BCUT2D eigenvalue weighted by Gasteiger charge is 2.12. The highest BCUT2D eigenvalue weighted by Crippen LogP contribution is 2.21. The zero-order valence-electron chi connectivity index (χ0n) is 24.6. The van der Waals surface area contributed by atoms with E-state index in [1.165, 1.54) is 30.5 Å². The molecule has 0 bridgehead atoms. The number of carboxylic acid groups (broad SMARTS) is 2. The molecule has 224 valence electrons. The van der Waals surface area contributed by atoms with Crippen LogP contribution in [0.3, 0.4) is 0 Å². The molecule has 7 heteroatoms. The lowest BCUT2D eigenvalue weighted by Crippen LogP contribution is -2.30. The molecule has 0 aliphatic rings. The van der Waals surface area contributed by atoms with Crippen molar-refractivity contribution in [2.75, 3.05) is 19.7 Å². The van der Waals surface area contributed by atoms with Gasteiger partial charge in [-0.1, -0.05) is 67.9 Å². The highest BCUT2D eigenvalue weighted by atomic mass is 16.5. The molecule has 0 fully saturated rings. The van der Waals surface area contributed by atoms with Crippen LogP contribution in [0.5, 0.6) is 11.5 Å². The highest BCUT2D eigenvalue weighted by molar-refractivity contribution is 5.88. The van der Waals surface area contributed by atoms with Crippen LogP contribution in [-0.4, -0.2) is 46.7 Å². The number of hydrogen-bond donors (Lipinski definition) is 2. The third kappa shape index (κ3) is 10.0. The Bertz CT molecular complexity index is 1450. The molecule has 0 amide bonds. The van der Waals surface area contributed by atoms with E-state index in [2.05, 4.69) is 42.2 Å². The summed E-state index contributed by atoms with van der Waals surface area (Å²) in [5.74, 6) is -0.461. The van der Waals surface area contributed by atoms with Gasteiger partial charge in [-0.3, -0.25) is 4.90 Å². The van der Waals surface area contributed by atoms with Gasteiger partial charge in [-0.2, -0.15) is 0 Å². The molecule has 0 aromatic heterocycles. The number of nitrogens with zero attached hydrogens (tertiary/aromatic N) is 1. The Labute approximate surface area is 253 Å². The Morgan fingerprint density at radius 2 is 1.28 bits per heavy atom. The second-order valence-corrected chi connectivity index (χ2v) is 10.5. The number of carbonyl (C=O) groups is 2. The largest absolute Gasteiger partial charge is 0.492 e. The van der Waals surface area contributed by atoms with Crippen molar-refractivity contribution in [2.45, 2.75) is 45.8 Å².